The fourth-order valence-corrected chi connectivity index (χ4v) is 2.45. The maximum Gasteiger partial charge on any atom is 0.319 e. The van der Waals surface area contributed by atoms with E-state index >= 15 is 0 Å². The molecular formula is C15H23FN2O3S. The number of carbonyl (C=O) groups excluding carboxylic acids is 1. The van der Waals surface area contributed by atoms with Crippen molar-refractivity contribution in [2.24, 2.45) is 5.92 Å². The summed E-state index contributed by atoms with van der Waals surface area (Å²) >= 11 is 0. The van der Waals surface area contributed by atoms with E-state index in [-0.39, 0.29) is 23.0 Å². The summed E-state index contributed by atoms with van der Waals surface area (Å²) in [5.74, 6) is -0.603. The molecule has 0 bridgehead atoms. The van der Waals surface area contributed by atoms with E-state index in [1.165, 1.54) is 18.4 Å². The maximum absolute atomic E-state index is 13.7. The van der Waals surface area contributed by atoms with Crippen molar-refractivity contribution >= 4 is 22.5 Å². The average Bonchev–Trinajstić information content (AvgIpc) is 2.44. The van der Waals surface area contributed by atoms with Crippen molar-refractivity contribution < 1.29 is 18.5 Å². The Balaban J connectivity index is 2.63. The highest BCUT2D eigenvalue weighted by Crippen LogP contribution is 2.19. The minimum Gasteiger partial charge on any atom is -0.388 e. The van der Waals surface area contributed by atoms with Crippen LogP contribution in [0.5, 0.6) is 0 Å². The smallest absolute Gasteiger partial charge is 0.319 e. The van der Waals surface area contributed by atoms with Crippen molar-refractivity contribution in [2.75, 3.05) is 18.1 Å². The first kappa shape index (κ1) is 18.6. The number of urea groups is 1. The summed E-state index contributed by atoms with van der Waals surface area (Å²) in [6, 6.07) is 3.43. The molecule has 124 valence electrons. The molecule has 0 spiro atoms. The second-order valence-corrected chi connectivity index (χ2v) is 6.92. The maximum atomic E-state index is 13.7. The summed E-state index contributed by atoms with van der Waals surface area (Å²) in [6.45, 7) is 5.61. The number of amides is 2. The molecule has 1 aromatic rings. The topological polar surface area (TPSA) is 78.4 Å². The molecule has 2 amide bonds. The van der Waals surface area contributed by atoms with Gasteiger partial charge >= 0.3 is 6.03 Å². The number of rotatable bonds is 6. The quantitative estimate of drug-likeness (QED) is 0.750. The summed E-state index contributed by atoms with van der Waals surface area (Å²) in [7, 11) is -1.42. The van der Waals surface area contributed by atoms with Gasteiger partial charge in [0.25, 0.3) is 0 Å². The minimum absolute atomic E-state index is 0.0315. The van der Waals surface area contributed by atoms with E-state index in [4.69, 9.17) is 0 Å². The lowest BCUT2D eigenvalue weighted by Crippen LogP contribution is -2.46. The number of hydrogen-bond donors (Lipinski definition) is 3. The predicted octanol–water partition coefficient (Wildman–Crippen LogP) is 2.48. The summed E-state index contributed by atoms with van der Waals surface area (Å²) in [6.07, 6.45) is 2.17. The zero-order chi connectivity index (χ0) is 16.9. The molecule has 0 aromatic heterocycles. The summed E-state index contributed by atoms with van der Waals surface area (Å²) < 4.78 is 24.9. The Morgan fingerprint density at radius 2 is 2.14 bits per heavy atom. The number of carbonyl (C=O) groups is 1. The molecule has 3 unspecified atom stereocenters. The van der Waals surface area contributed by atoms with Crippen LogP contribution in [0.4, 0.5) is 14.9 Å². The Kier molecular flexibility index (Phi) is 6.49. The molecule has 0 aliphatic carbocycles. The number of benzene rings is 1. The van der Waals surface area contributed by atoms with E-state index in [2.05, 4.69) is 10.6 Å². The third kappa shape index (κ3) is 5.06. The van der Waals surface area contributed by atoms with E-state index in [1.54, 1.807) is 6.92 Å². The van der Waals surface area contributed by atoms with E-state index in [9.17, 15) is 18.5 Å². The molecule has 3 N–H and O–H groups in total. The zero-order valence-corrected chi connectivity index (χ0v) is 14.1. The van der Waals surface area contributed by atoms with Gasteiger partial charge in [-0.15, -0.1) is 0 Å². The molecule has 0 aliphatic rings. The van der Waals surface area contributed by atoms with E-state index in [0.717, 1.165) is 12.5 Å². The van der Waals surface area contributed by atoms with E-state index < -0.39 is 28.2 Å². The van der Waals surface area contributed by atoms with Crippen LogP contribution in [0.15, 0.2) is 23.1 Å². The van der Waals surface area contributed by atoms with Gasteiger partial charge < -0.3 is 15.7 Å². The van der Waals surface area contributed by atoms with Gasteiger partial charge in [0.1, 0.15) is 5.82 Å². The lowest BCUT2D eigenvalue weighted by atomic mass is 9.89. The Morgan fingerprint density at radius 1 is 1.50 bits per heavy atom. The second kappa shape index (κ2) is 7.69. The normalized spacial score (nSPS) is 16.5. The van der Waals surface area contributed by atoms with Crippen LogP contribution < -0.4 is 10.6 Å². The SMILES string of the molecule is CCC(C)C(C)(O)CNC(=O)Nc1ccc(S(C)=O)c(F)c1. The molecule has 0 radical (unpaired) electrons. The molecule has 0 fully saturated rings. The van der Waals surface area contributed by atoms with Gasteiger partial charge in [-0.2, -0.15) is 0 Å². The summed E-state index contributed by atoms with van der Waals surface area (Å²) in [5.41, 5.74) is -0.757. The molecule has 1 rings (SSSR count). The predicted molar refractivity (Wildman–Crippen MR) is 85.8 cm³/mol. The molecule has 22 heavy (non-hydrogen) atoms. The van der Waals surface area contributed by atoms with Crippen LogP contribution in [0.3, 0.4) is 0 Å². The fourth-order valence-electron chi connectivity index (χ4n) is 1.86. The lowest BCUT2D eigenvalue weighted by Gasteiger charge is -2.29. The van der Waals surface area contributed by atoms with Crippen LogP contribution in [0.2, 0.25) is 0 Å². The van der Waals surface area contributed by atoms with Gasteiger partial charge in [-0.3, -0.25) is 4.21 Å². The van der Waals surface area contributed by atoms with Crippen LogP contribution in [0.1, 0.15) is 27.2 Å². The van der Waals surface area contributed by atoms with Crippen molar-refractivity contribution in [3.8, 4) is 0 Å². The number of anilines is 1. The van der Waals surface area contributed by atoms with Gasteiger partial charge in [-0.05, 0) is 31.0 Å². The van der Waals surface area contributed by atoms with Crippen molar-refractivity contribution in [3.63, 3.8) is 0 Å². The van der Waals surface area contributed by atoms with Crippen molar-refractivity contribution in [1.29, 1.82) is 0 Å². The van der Waals surface area contributed by atoms with Crippen LogP contribution in [-0.2, 0) is 10.8 Å². The van der Waals surface area contributed by atoms with Gasteiger partial charge in [-0.25, -0.2) is 9.18 Å². The third-order valence-electron chi connectivity index (χ3n) is 3.78. The van der Waals surface area contributed by atoms with Crippen LogP contribution in [-0.4, -0.2) is 33.7 Å². The van der Waals surface area contributed by atoms with Gasteiger partial charge in [-0.1, -0.05) is 20.3 Å². The molecule has 0 heterocycles. The van der Waals surface area contributed by atoms with Crippen molar-refractivity contribution in [1.82, 2.24) is 5.32 Å². The zero-order valence-electron chi connectivity index (χ0n) is 13.3. The first-order valence-electron chi connectivity index (χ1n) is 7.07. The number of halogens is 1. The fraction of sp³-hybridized carbons (Fsp3) is 0.533. The molecule has 3 atom stereocenters. The summed E-state index contributed by atoms with van der Waals surface area (Å²) in [5, 5.41) is 15.2. The molecule has 0 saturated carbocycles. The highest BCUT2D eigenvalue weighted by Gasteiger charge is 2.27. The van der Waals surface area contributed by atoms with E-state index in [0.29, 0.717) is 0 Å². The lowest BCUT2D eigenvalue weighted by molar-refractivity contribution is 0.00827. The molecule has 1 aromatic carbocycles. The number of aliphatic hydroxyl groups is 1. The van der Waals surface area contributed by atoms with Gasteiger partial charge in [0.05, 0.1) is 21.3 Å². The molecule has 5 nitrogen and oxygen atoms in total. The second-order valence-electron chi connectivity index (χ2n) is 5.57. The number of hydrogen-bond acceptors (Lipinski definition) is 3. The summed E-state index contributed by atoms with van der Waals surface area (Å²) in [4.78, 5) is 11.9. The van der Waals surface area contributed by atoms with Gasteiger partial charge in [0, 0.05) is 18.5 Å². The Labute approximate surface area is 132 Å². The first-order valence-corrected chi connectivity index (χ1v) is 8.63. The highest BCUT2D eigenvalue weighted by molar-refractivity contribution is 7.84. The molecule has 0 saturated heterocycles. The highest BCUT2D eigenvalue weighted by atomic mass is 32.2. The Bertz CT molecular complexity index is 564. The molecule has 0 aliphatic heterocycles. The van der Waals surface area contributed by atoms with Crippen LogP contribution in [0, 0.1) is 11.7 Å². The van der Waals surface area contributed by atoms with Gasteiger partial charge in [0.2, 0.25) is 0 Å². The molecular weight excluding hydrogens is 307 g/mol. The van der Waals surface area contributed by atoms with Crippen LogP contribution >= 0.6 is 0 Å². The van der Waals surface area contributed by atoms with Gasteiger partial charge in [0.15, 0.2) is 0 Å². The van der Waals surface area contributed by atoms with Crippen LogP contribution in [0.25, 0.3) is 0 Å². The molecule has 7 heteroatoms. The standard InChI is InChI=1S/C15H23FN2O3S/c1-5-10(2)15(3,20)9-17-14(19)18-11-6-7-13(22(4)21)12(16)8-11/h6-8,10,20H,5,9H2,1-4H3,(H2,17,18,19). The monoisotopic (exact) mass is 330 g/mol. The first-order chi connectivity index (χ1) is 10.2. The average molecular weight is 330 g/mol. The van der Waals surface area contributed by atoms with Crippen molar-refractivity contribution in [3.05, 3.63) is 24.0 Å². The Hall–Kier alpha value is -1.47. The number of nitrogens with one attached hydrogen (secondary N) is 2. The Morgan fingerprint density at radius 3 is 2.64 bits per heavy atom. The third-order valence-corrected chi connectivity index (χ3v) is 4.73. The van der Waals surface area contributed by atoms with E-state index in [1.807, 2.05) is 13.8 Å². The largest absolute Gasteiger partial charge is 0.388 e. The van der Waals surface area contributed by atoms with Crippen molar-refractivity contribution in [2.45, 2.75) is 37.7 Å². The minimum atomic E-state index is -1.42.